The van der Waals surface area contributed by atoms with Crippen molar-refractivity contribution < 1.29 is 9.90 Å². The Morgan fingerprint density at radius 3 is 2.43 bits per heavy atom. The van der Waals surface area contributed by atoms with E-state index >= 15 is 0 Å². The quantitative estimate of drug-likeness (QED) is 0.655. The molecular formula is C9H6Cl2O2S. The number of rotatable bonds is 3. The number of carboxylic acids is 1. The Balaban J connectivity index is 2.81. The fourth-order valence-electron chi connectivity index (χ4n) is 0.755. The van der Waals surface area contributed by atoms with Gasteiger partial charge in [0.15, 0.2) is 0 Å². The third-order valence-corrected chi connectivity index (χ3v) is 3.12. The molecule has 0 bridgehead atoms. The molecule has 0 saturated carbocycles. The molecule has 0 fully saturated rings. The number of aliphatic carboxylic acids is 1. The van der Waals surface area contributed by atoms with Crippen LogP contribution in [0.2, 0.25) is 10.0 Å². The first-order valence-corrected chi connectivity index (χ1v) is 5.25. The van der Waals surface area contributed by atoms with Crippen LogP contribution in [0.1, 0.15) is 0 Å². The molecule has 0 aliphatic rings. The molecule has 0 aliphatic heterocycles. The summed E-state index contributed by atoms with van der Waals surface area (Å²) < 4.78 is 0. The highest BCUT2D eigenvalue weighted by Gasteiger charge is 2.03. The van der Waals surface area contributed by atoms with Crippen LogP contribution in [-0.2, 0) is 4.79 Å². The lowest BCUT2D eigenvalue weighted by atomic mass is 10.4. The summed E-state index contributed by atoms with van der Waals surface area (Å²) in [6.45, 7) is 0. The summed E-state index contributed by atoms with van der Waals surface area (Å²) in [6.07, 6.45) is 1.03. The number of hydrogen-bond acceptors (Lipinski definition) is 2. The fraction of sp³-hybridized carbons (Fsp3) is 0. The summed E-state index contributed by atoms with van der Waals surface area (Å²) in [6, 6.07) is 5.13. The summed E-state index contributed by atoms with van der Waals surface area (Å²) >= 11 is 12.9. The predicted octanol–water partition coefficient (Wildman–Crippen LogP) is 3.68. The summed E-state index contributed by atoms with van der Waals surface area (Å²) in [7, 11) is 0. The van der Waals surface area contributed by atoms with Crippen molar-refractivity contribution >= 4 is 40.9 Å². The molecule has 0 spiro atoms. The Hall–Kier alpha value is -0.640. The Morgan fingerprint density at radius 1 is 1.36 bits per heavy atom. The summed E-state index contributed by atoms with van der Waals surface area (Å²) in [5.41, 5.74) is 0. The van der Waals surface area contributed by atoms with Gasteiger partial charge in [-0.15, -0.1) is 0 Å². The Morgan fingerprint density at radius 2 is 1.93 bits per heavy atom. The monoisotopic (exact) mass is 248 g/mol. The van der Waals surface area contributed by atoms with Crippen LogP contribution in [0, 0.1) is 0 Å². The van der Waals surface area contributed by atoms with Gasteiger partial charge in [-0.05, 0) is 17.5 Å². The van der Waals surface area contributed by atoms with Gasteiger partial charge in [-0.2, -0.15) is 0 Å². The molecule has 0 atom stereocenters. The van der Waals surface area contributed by atoms with Crippen molar-refractivity contribution in [2.45, 2.75) is 4.90 Å². The van der Waals surface area contributed by atoms with Crippen molar-refractivity contribution in [3.63, 3.8) is 0 Å². The van der Waals surface area contributed by atoms with Crippen LogP contribution in [-0.4, -0.2) is 11.1 Å². The summed E-state index contributed by atoms with van der Waals surface area (Å²) in [5.74, 6) is -0.999. The van der Waals surface area contributed by atoms with E-state index in [1.54, 1.807) is 18.2 Å². The third kappa shape index (κ3) is 3.25. The molecule has 0 amide bonds. The van der Waals surface area contributed by atoms with Crippen LogP contribution >= 0.6 is 35.0 Å². The van der Waals surface area contributed by atoms with Gasteiger partial charge in [0.2, 0.25) is 0 Å². The molecule has 1 rings (SSSR count). The zero-order valence-corrected chi connectivity index (χ0v) is 9.23. The maximum absolute atomic E-state index is 10.2. The summed E-state index contributed by atoms with van der Waals surface area (Å²) in [5, 5.41) is 10.8. The van der Waals surface area contributed by atoms with Crippen molar-refractivity contribution in [3.05, 3.63) is 39.7 Å². The number of carboxylic acid groups (broad SMARTS) is 1. The zero-order valence-electron chi connectivity index (χ0n) is 6.91. The first kappa shape index (κ1) is 11.4. The van der Waals surface area contributed by atoms with Crippen molar-refractivity contribution in [1.82, 2.24) is 0 Å². The second kappa shape index (κ2) is 5.29. The lowest BCUT2D eigenvalue weighted by molar-refractivity contribution is -0.131. The maximum atomic E-state index is 10.2. The first-order valence-electron chi connectivity index (χ1n) is 3.61. The van der Waals surface area contributed by atoms with Gasteiger partial charge in [-0.3, -0.25) is 0 Å². The molecule has 1 aromatic rings. The SMILES string of the molecule is O=C(O)C=CSc1c(Cl)cccc1Cl. The summed E-state index contributed by atoms with van der Waals surface area (Å²) in [4.78, 5) is 10.9. The van der Waals surface area contributed by atoms with Gasteiger partial charge in [0.05, 0.1) is 10.0 Å². The lowest BCUT2D eigenvalue weighted by Gasteiger charge is -2.01. The predicted molar refractivity (Wildman–Crippen MR) is 59.1 cm³/mol. The maximum Gasteiger partial charge on any atom is 0.328 e. The molecule has 0 saturated heterocycles. The molecule has 0 aromatic heterocycles. The van der Waals surface area contributed by atoms with E-state index in [1.165, 1.54) is 17.2 Å². The molecule has 0 aliphatic carbocycles. The third-order valence-electron chi connectivity index (χ3n) is 1.32. The van der Waals surface area contributed by atoms with Crippen LogP contribution in [0.15, 0.2) is 34.6 Å². The van der Waals surface area contributed by atoms with Crippen LogP contribution < -0.4 is 0 Å². The molecule has 1 N–H and O–H groups in total. The van der Waals surface area contributed by atoms with E-state index in [4.69, 9.17) is 28.3 Å². The van der Waals surface area contributed by atoms with Gasteiger partial charge >= 0.3 is 5.97 Å². The number of carbonyl (C=O) groups is 1. The molecule has 0 radical (unpaired) electrons. The van der Waals surface area contributed by atoms with Crippen molar-refractivity contribution in [2.24, 2.45) is 0 Å². The second-order valence-electron chi connectivity index (χ2n) is 2.31. The van der Waals surface area contributed by atoms with E-state index in [1.807, 2.05) is 0 Å². The highest BCUT2D eigenvalue weighted by atomic mass is 35.5. The minimum Gasteiger partial charge on any atom is -0.478 e. The molecule has 74 valence electrons. The molecular weight excluding hydrogens is 243 g/mol. The normalized spacial score (nSPS) is 10.7. The van der Waals surface area contributed by atoms with Gasteiger partial charge < -0.3 is 5.11 Å². The topological polar surface area (TPSA) is 37.3 Å². The lowest BCUT2D eigenvalue weighted by Crippen LogP contribution is -1.84. The number of halogens is 2. The zero-order chi connectivity index (χ0) is 10.6. The van der Waals surface area contributed by atoms with E-state index in [-0.39, 0.29) is 0 Å². The second-order valence-corrected chi connectivity index (χ2v) is 4.04. The average molecular weight is 249 g/mol. The van der Waals surface area contributed by atoms with Crippen LogP contribution in [0.3, 0.4) is 0 Å². The molecule has 0 unspecified atom stereocenters. The molecule has 14 heavy (non-hydrogen) atoms. The van der Waals surface area contributed by atoms with Crippen LogP contribution in [0.25, 0.3) is 0 Å². The van der Waals surface area contributed by atoms with Crippen molar-refractivity contribution in [2.75, 3.05) is 0 Å². The van der Waals surface area contributed by atoms with Gasteiger partial charge in [-0.25, -0.2) is 4.79 Å². The Labute approximate surface area is 95.5 Å². The van der Waals surface area contributed by atoms with E-state index in [0.717, 1.165) is 6.08 Å². The van der Waals surface area contributed by atoms with Gasteiger partial charge in [0.25, 0.3) is 0 Å². The minimum atomic E-state index is -0.999. The number of benzene rings is 1. The Kier molecular flexibility index (Phi) is 4.32. The average Bonchev–Trinajstić information content (AvgIpc) is 2.09. The Bertz CT molecular complexity index is 357. The minimum absolute atomic E-state index is 0.512. The van der Waals surface area contributed by atoms with Crippen molar-refractivity contribution in [3.8, 4) is 0 Å². The number of hydrogen-bond donors (Lipinski definition) is 1. The van der Waals surface area contributed by atoms with E-state index in [9.17, 15) is 4.79 Å². The first-order chi connectivity index (χ1) is 6.61. The van der Waals surface area contributed by atoms with Gasteiger partial charge in [0.1, 0.15) is 0 Å². The standard InChI is InChI=1S/C9H6Cl2O2S/c10-6-2-1-3-7(11)9(6)14-5-4-8(12)13/h1-5H,(H,12,13). The van der Waals surface area contributed by atoms with Crippen LogP contribution in [0.5, 0.6) is 0 Å². The van der Waals surface area contributed by atoms with Gasteiger partial charge in [0, 0.05) is 11.0 Å². The highest BCUT2D eigenvalue weighted by molar-refractivity contribution is 8.02. The largest absolute Gasteiger partial charge is 0.478 e. The smallest absolute Gasteiger partial charge is 0.328 e. The molecule has 0 heterocycles. The fourth-order valence-corrected chi connectivity index (χ4v) is 2.10. The highest BCUT2D eigenvalue weighted by Crippen LogP contribution is 2.34. The molecule has 1 aromatic carbocycles. The number of thioether (sulfide) groups is 1. The van der Waals surface area contributed by atoms with Crippen LogP contribution in [0.4, 0.5) is 0 Å². The molecule has 5 heteroatoms. The van der Waals surface area contributed by atoms with E-state index in [0.29, 0.717) is 14.9 Å². The van der Waals surface area contributed by atoms with E-state index in [2.05, 4.69) is 0 Å². The van der Waals surface area contributed by atoms with E-state index < -0.39 is 5.97 Å². The van der Waals surface area contributed by atoms with Gasteiger partial charge in [-0.1, -0.05) is 41.0 Å². The van der Waals surface area contributed by atoms with Crippen molar-refractivity contribution in [1.29, 1.82) is 0 Å². The molecule has 2 nitrogen and oxygen atoms in total.